The summed E-state index contributed by atoms with van der Waals surface area (Å²) in [6.45, 7) is 7.42. The van der Waals surface area contributed by atoms with Gasteiger partial charge in [0.25, 0.3) is 0 Å². The highest BCUT2D eigenvalue weighted by Gasteiger charge is 1.99. The fraction of sp³-hybridized carbons (Fsp3) is 0.571. The average Bonchev–Trinajstić information content (AvgIpc) is 2.30. The minimum absolute atomic E-state index is 0.167. The summed E-state index contributed by atoms with van der Waals surface area (Å²) in [6, 6.07) is 4.92. The zero-order valence-corrected chi connectivity index (χ0v) is 10.8. The van der Waals surface area contributed by atoms with Crippen LogP contribution >= 0.6 is 0 Å². The average molecular weight is 239 g/mol. The van der Waals surface area contributed by atoms with Gasteiger partial charge in [-0.2, -0.15) is 0 Å². The van der Waals surface area contributed by atoms with E-state index in [0.29, 0.717) is 0 Å². The quantitative estimate of drug-likeness (QED) is 0.704. The molecule has 0 aliphatic carbocycles. The van der Waals surface area contributed by atoms with Crippen LogP contribution in [0.3, 0.4) is 0 Å². The summed E-state index contributed by atoms with van der Waals surface area (Å²) >= 11 is 0. The van der Waals surface area contributed by atoms with Crippen molar-refractivity contribution in [2.45, 2.75) is 33.2 Å². The monoisotopic (exact) mass is 239 g/mol. The van der Waals surface area contributed by atoms with Crippen LogP contribution in [0, 0.1) is 12.7 Å². The Balaban J connectivity index is 2.14. The summed E-state index contributed by atoms with van der Waals surface area (Å²) in [5.41, 5.74) is 2.15. The number of nitrogens with one attached hydrogen (secondary N) is 1. The number of rotatable bonds is 8. The molecule has 0 unspecified atom stereocenters. The summed E-state index contributed by atoms with van der Waals surface area (Å²) in [4.78, 5) is 0. The summed E-state index contributed by atoms with van der Waals surface area (Å²) in [5, 5.41) is 3.34. The first-order chi connectivity index (χ1) is 8.24. The first-order valence-electron chi connectivity index (χ1n) is 6.27. The van der Waals surface area contributed by atoms with Gasteiger partial charge in [-0.25, -0.2) is 4.39 Å². The largest absolute Gasteiger partial charge is 0.381 e. The van der Waals surface area contributed by atoms with Crippen LogP contribution in [0.25, 0.3) is 0 Å². The van der Waals surface area contributed by atoms with Gasteiger partial charge < -0.3 is 10.1 Å². The van der Waals surface area contributed by atoms with E-state index < -0.39 is 0 Å². The Labute approximate surface area is 103 Å². The Morgan fingerprint density at radius 3 is 2.82 bits per heavy atom. The van der Waals surface area contributed by atoms with Crippen LogP contribution < -0.4 is 5.32 Å². The molecule has 0 aromatic heterocycles. The molecule has 1 aromatic carbocycles. The molecular weight excluding hydrogens is 217 g/mol. The first kappa shape index (κ1) is 14.1. The number of hydrogen-bond acceptors (Lipinski definition) is 2. The second-order valence-corrected chi connectivity index (χ2v) is 4.21. The van der Waals surface area contributed by atoms with Crippen molar-refractivity contribution in [3.05, 3.63) is 35.1 Å². The lowest BCUT2D eigenvalue weighted by Crippen LogP contribution is -2.17. The van der Waals surface area contributed by atoms with Crippen molar-refractivity contribution < 1.29 is 9.13 Å². The van der Waals surface area contributed by atoms with E-state index in [1.54, 1.807) is 6.07 Å². The summed E-state index contributed by atoms with van der Waals surface area (Å²) in [6.07, 6.45) is 2.09. The molecule has 1 N–H and O–H groups in total. The van der Waals surface area contributed by atoms with E-state index in [9.17, 15) is 4.39 Å². The Kier molecular flexibility index (Phi) is 6.82. The predicted molar refractivity (Wildman–Crippen MR) is 68.6 cm³/mol. The second-order valence-electron chi connectivity index (χ2n) is 4.21. The SMILES string of the molecule is CCCOCCCNCc1ccc(F)cc1C. The molecule has 3 heteroatoms. The molecule has 96 valence electrons. The molecule has 2 nitrogen and oxygen atoms in total. The maximum atomic E-state index is 12.9. The van der Waals surface area contributed by atoms with E-state index in [2.05, 4.69) is 12.2 Å². The second kappa shape index (κ2) is 8.20. The summed E-state index contributed by atoms with van der Waals surface area (Å²) in [7, 11) is 0. The van der Waals surface area contributed by atoms with E-state index in [1.165, 1.54) is 6.07 Å². The molecule has 0 radical (unpaired) electrons. The van der Waals surface area contributed by atoms with E-state index in [0.717, 1.165) is 50.3 Å². The fourth-order valence-corrected chi connectivity index (χ4v) is 1.63. The van der Waals surface area contributed by atoms with Crippen LogP contribution in [0.2, 0.25) is 0 Å². The zero-order valence-electron chi connectivity index (χ0n) is 10.8. The van der Waals surface area contributed by atoms with Gasteiger partial charge in [0.1, 0.15) is 5.82 Å². The highest BCUT2D eigenvalue weighted by molar-refractivity contribution is 5.26. The lowest BCUT2D eigenvalue weighted by Gasteiger charge is -2.08. The molecule has 0 amide bonds. The van der Waals surface area contributed by atoms with Gasteiger partial charge >= 0.3 is 0 Å². The lowest BCUT2D eigenvalue weighted by molar-refractivity contribution is 0.132. The zero-order chi connectivity index (χ0) is 12.5. The van der Waals surface area contributed by atoms with Crippen molar-refractivity contribution in [2.75, 3.05) is 19.8 Å². The molecule has 0 saturated heterocycles. The van der Waals surface area contributed by atoms with Crippen LogP contribution in [-0.2, 0) is 11.3 Å². The number of ether oxygens (including phenoxy) is 1. The predicted octanol–water partition coefficient (Wildman–Crippen LogP) is 3.04. The normalized spacial score (nSPS) is 10.8. The van der Waals surface area contributed by atoms with Gasteiger partial charge in [0.2, 0.25) is 0 Å². The van der Waals surface area contributed by atoms with E-state index in [4.69, 9.17) is 4.74 Å². The Bertz CT molecular complexity index is 328. The maximum absolute atomic E-state index is 12.9. The standard InChI is InChI=1S/C14H22FNO/c1-3-8-17-9-4-7-16-11-13-5-6-14(15)10-12(13)2/h5-6,10,16H,3-4,7-9,11H2,1-2H3. The highest BCUT2D eigenvalue weighted by atomic mass is 19.1. The summed E-state index contributed by atoms with van der Waals surface area (Å²) < 4.78 is 18.3. The van der Waals surface area contributed by atoms with Crippen molar-refractivity contribution in [3.63, 3.8) is 0 Å². The molecule has 0 saturated carbocycles. The Morgan fingerprint density at radius 2 is 2.12 bits per heavy atom. The van der Waals surface area contributed by atoms with Crippen LogP contribution in [0.4, 0.5) is 4.39 Å². The van der Waals surface area contributed by atoms with Gasteiger partial charge in [0.05, 0.1) is 0 Å². The number of halogens is 1. The molecule has 1 aromatic rings. The Morgan fingerprint density at radius 1 is 1.29 bits per heavy atom. The molecule has 0 atom stereocenters. The van der Waals surface area contributed by atoms with Crippen molar-refractivity contribution in [1.82, 2.24) is 5.32 Å². The van der Waals surface area contributed by atoms with Crippen molar-refractivity contribution in [1.29, 1.82) is 0 Å². The minimum Gasteiger partial charge on any atom is -0.381 e. The van der Waals surface area contributed by atoms with Crippen LogP contribution in [-0.4, -0.2) is 19.8 Å². The molecule has 0 spiro atoms. The molecule has 0 fully saturated rings. The summed E-state index contributed by atoms with van der Waals surface area (Å²) in [5.74, 6) is -0.167. The number of hydrogen-bond donors (Lipinski definition) is 1. The number of aryl methyl sites for hydroxylation is 1. The van der Waals surface area contributed by atoms with Gasteiger partial charge in [-0.1, -0.05) is 13.0 Å². The molecule has 0 bridgehead atoms. The smallest absolute Gasteiger partial charge is 0.123 e. The third-order valence-corrected chi connectivity index (χ3v) is 2.61. The molecular formula is C14H22FNO. The van der Waals surface area contributed by atoms with E-state index in [1.807, 2.05) is 13.0 Å². The number of benzene rings is 1. The third-order valence-electron chi connectivity index (χ3n) is 2.61. The lowest BCUT2D eigenvalue weighted by atomic mass is 10.1. The van der Waals surface area contributed by atoms with Gasteiger partial charge in [0, 0.05) is 19.8 Å². The van der Waals surface area contributed by atoms with Crippen LogP contribution in [0.15, 0.2) is 18.2 Å². The molecule has 0 heterocycles. The van der Waals surface area contributed by atoms with Crippen LogP contribution in [0.1, 0.15) is 30.9 Å². The van der Waals surface area contributed by atoms with E-state index in [-0.39, 0.29) is 5.82 Å². The first-order valence-corrected chi connectivity index (χ1v) is 6.27. The van der Waals surface area contributed by atoms with Gasteiger partial charge in [0.15, 0.2) is 0 Å². The molecule has 0 aliphatic rings. The van der Waals surface area contributed by atoms with Gasteiger partial charge in [-0.15, -0.1) is 0 Å². The Hall–Kier alpha value is -0.930. The van der Waals surface area contributed by atoms with Gasteiger partial charge in [-0.05, 0) is 49.6 Å². The fourth-order valence-electron chi connectivity index (χ4n) is 1.63. The topological polar surface area (TPSA) is 21.3 Å². The minimum atomic E-state index is -0.167. The van der Waals surface area contributed by atoms with Crippen molar-refractivity contribution in [2.24, 2.45) is 0 Å². The molecule has 17 heavy (non-hydrogen) atoms. The van der Waals surface area contributed by atoms with Crippen LogP contribution in [0.5, 0.6) is 0 Å². The van der Waals surface area contributed by atoms with Crippen molar-refractivity contribution >= 4 is 0 Å². The molecule has 0 aliphatic heterocycles. The van der Waals surface area contributed by atoms with E-state index >= 15 is 0 Å². The maximum Gasteiger partial charge on any atom is 0.123 e. The van der Waals surface area contributed by atoms with Crippen molar-refractivity contribution in [3.8, 4) is 0 Å². The van der Waals surface area contributed by atoms with Gasteiger partial charge in [-0.3, -0.25) is 0 Å². The highest BCUT2D eigenvalue weighted by Crippen LogP contribution is 2.09. The third kappa shape index (κ3) is 5.80. The molecule has 1 rings (SSSR count).